The summed E-state index contributed by atoms with van der Waals surface area (Å²) in [6.07, 6.45) is 5.13. The van der Waals surface area contributed by atoms with Crippen LogP contribution in [0.5, 0.6) is 0 Å². The normalized spacial score (nSPS) is 23.0. The van der Waals surface area contributed by atoms with E-state index in [2.05, 4.69) is 27.5 Å². The lowest BCUT2D eigenvalue weighted by atomic mass is 10.00. The summed E-state index contributed by atoms with van der Waals surface area (Å²) in [7, 11) is 0. The highest BCUT2D eigenvalue weighted by molar-refractivity contribution is 9.09. The van der Waals surface area contributed by atoms with Crippen molar-refractivity contribution < 1.29 is 17.9 Å². The van der Waals surface area contributed by atoms with Gasteiger partial charge in [0.2, 0.25) is 0 Å². The van der Waals surface area contributed by atoms with E-state index in [9.17, 15) is 13.2 Å². The van der Waals surface area contributed by atoms with E-state index in [1.165, 1.54) is 17.2 Å². The molecule has 0 radical (unpaired) electrons. The first-order chi connectivity index (χ1) is 12.7. The van der Waals surface area contributed by atoms with E-state index in [0.717, 1.165) is 17.2 Å². The summed E-state index contributed by atoms with van der Waals surface area (Å²) in [5.74, 6) is 4.95. The molecule has 0 saturated carbocycles. The summed E-state index contributed by atoms with van der Waals surface area (Å²) < 4.78 is 43.7. The van der Waals surface area contributed by atoms with Gasteiger partial charge in [-0.2, -0.15) is 13.2 Å². The SMILES string of the molecule is C=C(C=C(COC1=CCC(C(F)(F)F)C=C1)N(N)CC)C1=CC(Br)CN=C1. The first-order valence-corrected chi connectivity index (χ1v) is 9.48. The number of nitrogens with two attached hydrogens (primary N) is 1. The Balaban J connectivity index is 2.03. The van der Waals surface area contributed by atoms with Gasteiger partial charge in [0.1, 0.15) is 12.4 Å². The molecule has 2 aliphatic rings. The molecule has 2 atom stereocenters. The van der Waals surface area contributed by atoms with Crippen LogP contribution in [-0.4, -0.2) is 41.9 Å². The molecule has 2 N–H and O–H groups in total. The first kappa shape index (κ1) is 21.5. The molecule has 0 saturated heterocycles. The van der Waals surface area contributed by atoms with Gasteiger partial charge in [0.25, 0.3) is 0 Å². The number of alkyl halides is 4. The fraction of sp³-hybridized carbons (Fsp3) is 0.421. The maximum absolute atomic E-state index is 12.7. The van der Waals surface area contributed by atoms with Crippen LogP contribution < -0.4 is 5.84 Å². The Hall–Kier alpha value is -1.80. The number of hydrazine groups is 1. The predicted molar refractivity (Wildman–Crippen MR) is 105 cm³/mol. The van der Waals surface area contributed by atoms with Gasteiger partial charge in [-0.25, -0.2) is 5.84 Å². The van der Waals surface area contributed by atoms with Gasteiger partial charge in [-0.15, -0.1) is 0 Å². The van der Waals surface area contributed by atoms with Gasteiger partial charge in [-0.1, -0.05) is 34.7 Å². The van der Waals surface area contributed by atoms with E-state index in [1.807, 2.05) is 13.0 Å². The van der Waals surface area contributed by atoms with E-state index in [0.29, 0.717) is 24.5 Å². The minimum Gasteiger partial charge on any atom is -0.488 e. The van der Waals surface area contributed by atoms with Crippen LogP contribution in [0, 0.1) is 5.92 Å². The molecule has 148 valence electrons. The third-order valence-corrected chi connectivity index (χ3v) is 4.72. The number of hydrogen-bond donors (Lipinski definition) is 1. The summed E-state index contributed by atoms with van der Waals surface area (Å²) >= 11 is 3.50. The zero-order valence-electron chi connectivity index (χ0n) is 15.0. The Morgan fingerprint density at radius 1 is 1.52 bits per heavy atom. The largest absolute Gasteiger partial charge is 0.488 e. The first-order valence-electron chi connectivity index (χ1n) is 8.56. The van der Waals surface area contributed by atoms with Crippen molar-refractivity contribution in [2.24, 2.45) is 16.8 Å². The number of nitrogens with zero attached hydrogens (tertiary/aromatic N) is 2. The van der Waals surface area contributed by atoms with Gasteiger partial charge in [0.15, 0.2) is 0 Å². The lowest BCUT2D eigenvalue weighted by Crippen LogP contribution is -2.32. The number of aliphatic imine (C=N–C) groups is 1. The molecule has 0 aromatic heterocycles. The number of halogens is 4. The van der Waals surface area contributed by atoms with E-state index < -0.39 is 12.1 Å². The van der Waals surface area contributed by atoms with Gasteiger partial charge in [0, 0.05) is 12.8 Å². The molecule has 8 heteroatoms. The molecule has 1 heterocycles. The Morgan fingerprint density at radius 3 is 2.81 bits per heavy atom. The fourth-order valence-electron chi connectivity index (χ4n) is 2.54. The lowest BCUT2D eigenvalue weighted by molar-refractivity contribution is -0.160. The van der Waals surface area contributed by atoms with Gasteiger partial charge < -0.3 is 9.75 Å². The summed E-state index contributed by atoms with van der Waals surface area (Å²) in [6.45, 7) is 7.28. The van der Waals surface area contributed by atoms with Crippen LogP contribution in [0.25, 0.3) is 0 Å². The van der Waals surface area contributed by atoms with Crippen LogP contribution in [0.15, 0.2) is 64.6 Å². The molecule has 0 fully saturated rings. The molecule has 2 rings (SSSR count). The van der Waals surface area contributed by atoms with Crippen molar-refractivity contribution in [3.05, 3.63) is 59.6 Å². The molecule has 1 aliphatic carbocycles. The number of ether oxygens (including phenoxy) is 1. The summed E-state index contributed by atoms with van der Waals surface area (Å²) in [4.78, 5) is 4.42. The third kappa shape index (κ3) is 6.39. The van der Waals surface area contributed by atoms with Gasteiger partial charge in [-0.3, -0.25) is 4.99 Å². The van der Waals surface area contributed by atoms with Crippen molar-refractivity contribution in [3.63, 3.8) is 0 Å². The second kappa shape index (κ2) is 9.41. The molecule has 27 heavy (non-hydrogen) atoms. The molecule has 0 aromatic rings. The van der Waals surface area contributed by atoms with Crippen molar-refractivity contribution in [3.8, 4) is 0 Å². The number of likely N-dealkylation sites (N-methyl/N-ethyl adjacent to an activating group) is 1. The Bertz CT molecular complexity index is 707. The van der Waals surface area contributed by atoms with Crippen LogP contribution in [0.2, 0.25) is 0 Å². The zero-order chi connectivity index (χ0) is 20.0. The average Bonchev–Trinajstić information content (AvgIpc) is 2.64. The fourth-order valence-corrected chi connectivity index (χ4v) is 2.99. The molecule has 4 nitrogen and oxygen atoms in total. The van der Waals surface area contributed by atoms with Gasteiger partial charge in [-0.05, 0) is 42.7 Å². The maximum atomic E-state index is 12.7. The topological polar surface area (TPSA) is 50.9 Å². The summed E-state index contributed by atoms with van der Waals surface area (Å²) in [5.41, 5.74) is 2.28. The number of dihydropyridines is 1. The molecular weight excluding hydrogens is 423 g/mol. The molecule has 0 spiro atoms. The van der Waals surface area contributed by atoms with Crippen molar-refractivity contribution in [2.75, 3.05) is 19.7 Å². The van der Waals surface area contributed by atoms with Crippen LogP contribution in [-0.2, 0) is 4.74 Å². The standard InChI is InChI=1S/C19H23BrF3N3O/c1-3-26(24)17(8-13(2)14-9-16(20)11-25-10-14)12-27-18-6-4-15(5-7-18)19(21,22)23/h4,6-10,15-16H,2-3,5,11-12,24H2,1H3. The summed E-state index contributed by atoms with van der Waals surface area (Å²) in [5, 5.41) is 1.52. The predicted octanol–water partition coefficient (Wildman–Crippen LogP) is 4.44. The van der Waals surface area contributed by atoms with Crippen molar-refractivity contribution in [1.82, 2.24) is 5.01 Å². The molecule has 1 aliphatic heterocycles. The highest BCUT2D eigenvalue weighted by atomic mass is 79.9. The van der Waals surface area contributed by atoms with E-state index in [-0.39, 0.29) is 17.9 Å². The number of hydrogen-bond acceptors (Lipinski definition) is 4. The highest BCUT2D eigenvalue weighted by Gasteiger charge is 2.37. The summed E-state index contributed by atoms with van der Waals surface area (Å²) in [6, 6.07) is 0. The second-order valence-electron chi connectivity index (χ2n) is 6.22. The molecule has 0 bridgehead atoms. The van der Waals surface area contributed by atoms with Crippen molar-refractivity contribution in [1.29, 1.82) is 0 Å². The molecular formula is C19H23BrF3N3O. The quantitative estimate of drug-likeness (QED) is 0.273. The lowest BCUT2D eigenvalue weighted by Gasteiger charge is -2.23. The number of allylic oxidation sites excluding steroid dienone is 6. The van der Waals surface area contributed by atoms with E-state index in [1.54, 1.807) is 12.3 Å². The molecule has 0 aromatic carbocycles. The van der Waals surface area contributed by atoms with Crippen LogP contribution in [0.4, 0.5) is 13.2 Å². The van der Waals surface area contributed by atoms with Gasteiger partial charge >= 0.3 is 6.18 Å². The molecule has 2 unspecified atom stereocenters. The average molecular weight is 446 g/mol. The van der Waals surface area contributed by atoms with Gasteiger partial charge in [0.05, 0.1) is 23.0 Å². The Morgan fingerprint density at radius 2 is 2.26 bits per heavy atom. The monoisotopic (exact) mass is 445 g/mol. The van der Waals surface area contributed by atoms with Crippen LogP contribution in [0.1, 0.15) is 13.3 Å². The molecule has 0 amide bonds. The smallest absolute Gasteiger partial charge is 0.395 e. The second-order valence-corrected chi connectivity index (χ2v) is 7.39. The minimum atomic E-state index is -4.24. The van der Waals surface area contributed by atoms with Crippen LogP contribution >= 0.6 is 15.9 Å². The Labute approximate surface area is 165 Å². The number of rotatable bonds is 7. The van der Waals surface area contributed by atoms with E-state index in [4.69, 9.17) is 10.6 Å². The van der Waals surface area contributed by atoms with Crippen molar-refractivity contribution >= 4 is 22.1 Å². The third-order valence-electron chi connectivity index (χ3n) is 4.16. The van der Waals surface area contributed by atoms with Crippen LogP contribution in [0.3, 0.4) is 0 Å². The van der Waals surface area contributed by atoms with E-state index >= 15 is 0 Å². The Kier molecular flexibility index (Phi) is 7.49. The zero-order valence-corrected chi connectivity index (χ0v) is 16.6. The minimum absolute atomic E-state index is 0.123. The van der Waals surface area contributed by atoms with Crippen molar-refractivity contribution in [2.45, 2.75) is 24.3 Å². The highest BCUT2D eigenvalue weighted by Crippen LogP contribution is 2.33. The maximum Gasteiger partial charge on any atom is 0.395 e.